The highest BCUT2D eigenvalue weighted by atomic mass is 31.2. The molecule has 4 aromatic carbocycles. The minimum atomic E-state index is -0.730. The molecule has 0 aliphatic rings. The highest BCUT2D eigenvalue weighted by Gasteiger charge is 2.31. The maximum Gasteiger partial charge on any atom is 0.0596 e. The van der Waals surface area contributed by atoms with Gasteiger partial charge in [0.2, 0.25) is 0 Å². The average molecular weight is 443 g/mol. The molecule has 0 atom stereocenters. The maximum atomic E-state index is 5.60. The summed E-state index contributed by atoms with van der Waals surface area (Å²) < 4.78 is 8.29. The van der Waals surface area contributed by atoms with Gasteiger partial charge in [-0.2, -0.15) is 0 Å². The van der Waals surface area contributed by atoms with Gasteiger partial charge in [-0.15, -0.1) is 0 Å². The number of rotatable bonds is 9. The molecule has 0 spiro atoms. The molecule has 156 valence electrons. The normalized spacial score (nSPS) is 11.4. The van der Waals surface area contributed by atoms with Gasteiger partial charge in [0.05, 0.1) is 6.61 Å². The second-order valence-corrected chi connectivity index (χ2v) is 11.6. The zero-order valence-corrected chi connectivity index (χ0v) is 19.5. The number of ether oxygens (including phenoxy) is 1. The van der Waals surface area contributed by atoms with Crippen LogP contribution in [0.2, 0.25) is 0 Å². The zero-order chi connectivity index (χ0) is 21.3. The van der Waals surface area contributed by atoms with Gasteiger partial charge in [0.25, 0.3) is 0 Å². The molecule has 0 heterocycles. The third-order valence-electron chi connectivity index (χ3n) is 4.96. The highest BCUT2D eigenvalue weighted by molar-refractivity contribution is 7.84. The van der Waals surface area contributed by atoms with Crippen LogP contribution in [-0.2, 0) is 4.74 Å². The second kappa shape index (κ2) is 11.3. The van der Waals surface area contributed by atoms with E-state index in [1.165, 1.54) is 21.2 Å². The Morgan fingerprint density at radius 1 is 0.516 bits per heavy atom. The molecule has 31 heavy (non-hydrogen) atoms. The summed E-state index contributed by atoms with van der Waals surface area (Å²) in [7, 11) is 0.330. The molecule has 0 bridgehead atoms. The number of methoxy groups -OCH3 is 1. The minimum absolute atomic E-state index is 0.691. The fraction of sp³-hybridized carbons (Fsp3) is 0.111. The van der Waals surface area contributed by atoms with Gasteiger partial charge in [-0.1, -0.05) is 121 Å². The van der Waals surface area contributed by atoms with Crippen molar-refractivity contribution in [1.29, 1.82) is 0 Å². The molecular weight excluding hydrogens is 416 g/mol. The molecule has 0 saturated heterocycles. The van der Waals surface area contributed by atoms with Gasteiger partial charge in [0, 0.05) is 29.8 Å². The third kappa shape index (κ3) is 5.48. The van der Waals surface area contributed by atoms with Crippen molar-refractivity contribution >= 4 is 37.4 Å². The smallest absolute Gasteiger partial charge is 0.0596 e. The summed E-state index contributed by atoms with van der Waals surface area (Å²) in [6.07, 6.45) is 0. The van der Waals surface area contributed by atoms with Crippen molar-refractivity contribution < 1.29 is 4.74 Å². The van der Waals surface area contributed by atoms with Crippen LogP contribution in [0.1, 0.15) is 0 Å². The van der Waals surface area contributed by atoms with E-state index in [0.717, 1.165) is 6.54 Å². The van der Waals surface area contributed by atoms with E-state index in [1.54, 1.807) is 7.11 Å². The van der Waals surface area contributed by atoms with Crippen LogP contribution in [0.4, 0.5) is 0 Å². The van der Waals surface area contributed by atoms with Gasteiger partial charge >= 0.3 is 0 Å². The van der Waals surface area contributed by atoms with E-state index in [9.17, 15) is 0 Å². The Morgan fingerprint density at radius 3 is 1.06 bits per heavy atom. The molecular formula is C27H27NOP2. The molecule has 0 radical (unpaired) electrons. The molecule has 0 fully saturated rings. The molecule has 4 heteroatoms. The first-order valence-corrected chi connectivity index (χ1v) is 13.0. The molecule has 4 rings (SSSR count). The second-order valence-electron chi connectivity index (χ2n) is 7.05. The van der Waals surface area contributed by atoms with Gasteiger partial charge < -0.3 is 4.74 Å². The molecule has 0 saturated carbocycles. The highest BCUT2D eigenvalue weighted by Crippen LogP contribution is 2.54. The number of nitrogens with zero attached hydrogens (tertiary/aromatic N) is 1. The van der Waals surface area contributed by atoms with E-state index < -0.39 is 16.1 Å². The topological polar surface area (TPSA) is 12.5 Å². The summed E-state index contributed by atoms with van der Waals surface area (Å²) in [4.78, 5) is 0. The summed E-state index contributed by atoms with van der Waals surface area (Å²) in [6.45, 7) is 1.55. The van der Waals surface area contributed by atoms with E-state index in [4.69, 9.17) is 4.74 Å². The van der Waals surface area contributed by atoms with Crippen LogP contribution in [0.25, 0.3) is 0 Å². The summed E-state index contributed by atoms with van der Waals surface area (Å²) in [6, 6.07) is 43.7. The summed E-state index contributed by atoms with van der Waals surface area (Å²) in [5.74, 6) is 0. The molecule has 0 aliphatic heterocycles. The van der Waals surface area contributed by atoms with Gasteiger partial charge in [0.1, 0.15) is 0 Å². The van der Waals surface area contributed by atoms with Gasteiger partial charge in [-0.25, -0.2) is 4.44 Å². The van der Waals surface area contributed by atoms with E-state index in [1.807, 2.05) is 0 Å². The van der Waals surface area contributed by atoms with Crippen molar-refractivity contribution in [2.75, 3.05) is 20.3 Å². The van der Waals surface area contributed by atoms with E-state index >= 15 is 0 Å². The van der Waals surface area contributed by atoms with Crippen LogP contribution >= 0.6 is 16.1 Å². The molecule has 0 aromatic heterocycles. The molecule has 0 unspecified atom stereocenters. The van der Waals surface area contributed by atoms with Gasteiger partial charge in [-0.05, 0) is 21.2 Å². The lowest BCUT2D eigenvalue weighted by Gasteiger charge is -2.39. The lowest BCUT2D eigenvalue weighted by molar-refractivity contribution is 0.195. The summed E-state index contributed by atoms with van der Waals surface area (Å²) >= 11 is 0. The zero-order valence-electron chi connectivity index (χ0n) is 17.7. The van der Waals surface area contributed by atoms with Gasteiger partial charge in [-0.3, -0.25) is 0 Å². The van der Waals surface area contributed by atoms with Crippen molar-refractivity contribution in [3.8, 4) is 0 Å². The molecule has 2 nitrogen and oxygen atoms in total. The van der Waals surface area contributed by atoms with E-state index in [-0.39, 0.29) is 0 Å². The van der Waals surface area contributed by atoms with E-state index in [0.29, 0.717) is 6.61 Å². The Bertz CT molecular complexity index is 868. The molecule has 4 aromatic rings. The van der Waals surface area contributed by atoms with Gasteiger partial charge in [0.15, 0.2) is 0 Å². The Hall–Kier alpha value is -2.34. The Balaban J connectivity index is 1.89. The minimum Gasteiger partial charge on any atom is -0.383 e. The predicted molar refractivity (Wildman–Crippen MR) is 137 cm³/mol. The quantitative estimate of drug-likeness (QED) is 0.337. The van der Waals surface area contributed by atoms with Crippen molar-refractivity contribution in [1.82, 2.24) is 4.44 Å². The monoisotopic (exact) mass is 443 g/mol. The SMILES string of the molecule is COCCN(P(c1ccccc1)c1ccccc1)P(c1ccccc1)c1ccccc1. The Morgan fingerprint density at radius 2 is 0.806 bits per heavy atom. The fourth-order valence-electron chi connectivity index (χ4n) is 3.57. The maximum absolute atomic E-state index is 5.60. The molecule has 0 amide bonds. The fourth-order valence-corrected chi connectivity index (χ4v) is 9.57. The summed E-state index contributed by atoms with van der Waals surface area (Å²) in [5.41, 5.74) is 0. The lowest BCUT2D eigenvalue weighted by atomic mass is 10.4. The van der Waals surface area contributed by atoms with Crippen LogP contribution in [0.5, 0.6) is 0 Å². The molecule has 0 N–H and O–H groups in total. The van der Waals surface area contributed by atoms with Crippen molar-refractivity contribution in [3.05, 3.63) is 121 Å². The molecule has 0 aliphatic carbocycles. The first-order chi connectivity index (χ1) is 15.4. The largest absolute Gasteiger partial charge is 0.383 e. The van der Waals surface area contributed by atoms with Crippen molar-refractivity contribution in [2.24, 2.45) is 0 Å². The van der Waals surface area contributed by atoms with Crippen LogP contribution in [0.15, 0.2) is 121 Å². The lowest BCUT2D eigenvalue weighted by Crippen LogP contribution is -2.33. The van der Waals surface area contributed by atoms with Crippen molar-refractivity contribution in [2.45, 2.75) is 0 Å². The first kappa shape index (κ1) is 21.9. The van der Waals surface area contributed by atoms with Crippen LogP contribution in [0.3, 0.4) is 0 Å². The van der Waals surface area contributed by atoms with Crippen molar-refractivity contribution in [3.63, 3.8) is 0 Å². The average Bonchev–Trinajstić information content (AvgIpc) is 2.85. The predicted octanol–water partition coefficient (Wildman–Crippen LogP) is 5.03. The first-order valence-electron chi connectivity index (χ1n) is 10.5. The number of benzene rings is 4. The Kier molecular flexibility index (Phi) is 7.99. The van der Waals surface area contributed by atoms with E-state index in [2.05, 4.69) is 126 Å². The van der Waals surface area contributed by atoms with Crippen LogP contribution in [0, 0.1) is 0 Å². The number of hydrogen-bond acceptors (Lipinski definition) is 2. The third-order valence-corrected chi connectivity index (χ3v) is 10.5. The standard InChI is InChI=1S/C27H27NOP2/c1-29-23-22-28(30(24-14-6-2-7-15-24)25-16-8-3-9-17-25)31(26-18-10-4-11-19-26)27-20-12-5-13-21-27/h2-21H,22-23H2,1H3. The summed E-state index contributed by atoms with van der Waals surface area (Å²) in [5, 5.41) is 5.44. The Labute approximate surface area is 188 Å². The van der Waals surface area contributed by atoms with Crippen LogP contribution < -0.4 is 21.2 Å². The number of hydrogen-bond donors (Lipinski definition) is 0. The van der Waals surface area contributed by atoms with Crippen LogP contribution in [-0.4, -0.2) is 24.7 Å².